The molecule has 2 saturated carbocycles. The van der Waals surface area contributed by atoms with Crippen LogP contribution in [0, 0.1) is 28.6 Å². The maximum atomic E-state index is 12.8. The van der Waals surface area contributed by atoms with Gasteiger partial charge < -0.3 is 13.9 Å². The minimum absolute atomic E-state index is 0.0589. The highest BCUT2D eigenvalue weighted by molar-refractivity contribution is 5.87. The van der Waals surface area contributed by atoms with Gasteiger partial charge in [0.05, 0.1) is 31.5 Å². The molecule has 1 aliphatic heterocycles. The van der Waals surface area contributed by atoms with Crippen molar-refractivity contribution in [1.82, 2.24) is 0 Å². The molecule has 2 heterocycles. The summed E-state index contributed by atoms with van der Waals surface area (Å²) >= 11 is 0. The van der Waals surface area contributed by atoms with E-state index in [-0.39, 0.29) is 47.5 Å². The van der Waals surface area contributed by atoms with Crippen LogP contribution in [-0.4, -0.2) is 24.8 Å². The third-order valence-electron chi connectivity index (χ3n) is 7.59. The third kappa shape index (κ3) is 2.64. The number of esters is 2. The van der Waals surface area contributed by atoms with Crippen molar-refractivity contribution in [3.05, 3.63) is 24.2 Å². The molecule has 6 nitrogen and oxygen atoms in total. The number of hydrogen-bond acceptors (Lipinski definition) is 6. The fraction of sp³-hybridized carbons (Fsp3) is 0.667. The first-order valence-electron chi connectivity index (χ1n) is 9.61. The molecule has 146 valence electrons. The van der Waals surface area contributed by atoms with Crippen LogP contribution in [0.3, 0.4) is 0 Å². The zero-order chi connectivity index (χ0) is 19.4. The Kier molecular flexibility index (Phi) is 4.20. The lowest BCUT2D eigenvalue weighted by Crippen LogP contribution is -2.60. The van der Waals surface area contributed by atoms with Crippen molar-refractivity contribution in [3.63, 3.8) is 0 Å². The number of cyclic esters (lactones) is 1. The van der Waals surface area contributed by atoms with Crippen molar-refractivity contribution in [1.29, 1.82) is 0 Å². The molecule has 27 heavy (non-hydrogen) atoms. The highest BCUT2D eigenvalue weighted by atomic mass is 16.5. The van der Waals surface area contributed by atoms with E-state index in [1.807, 2.05) is 6.07 Å². The molecule has 1 aromatic heterocycles. The molecule has 0 bridgehead atoms. The molecule has 6 atom stereocenters. The maximum Gasteiger partial charge on any atom is 0.310 e. The number of methoxy groups -OCH3 is 1. The summed E-state index contributed by atoms with van der Waals surface area (Å²) < 4.78 is 15.9. The third-order valence-corrected chi connectivity index (χ3v) is 7.59. The van der Waals surface area contributed by atoms with Crippen LogP contribution in [0.1, 0.15) is 57.6 Å². The molecule has 6 heteroatoms. The van der Waals surface area contributed by atoms with E-state index in [9.17, 15) is 14.4 Å². The predicted molar refractivity (Wildman–Crippen MR) is 94.3 cm³/mol. The van der Waals surface area contributed by atoms with Gasteiger partial charge in [0.25, 0.3) is 0 Å². The van der Waals surface area contributed by atoms with Gasteiger partial charge in [-0.2, -0.15) is 0 Å². The molecule has 2 aliphatic carbocycles. The van der Waals surface area contributed by atoms with Crippen LogP contribution < -0.4 is 0 Å². The summed E-state index contributed by atoms with van der Waals surface area (Å²) in [4.78, 5) is 37.9. The quantitative estimate of drug-likeness (QED) is 0.737. The molecule has 0 amide bonds. The molecule has 0 spiro atoms. The van der Waals surface area contributed by atoms with Gasteiger partial charge in [-0.15, -0.1) is 0 Å². The van der Waals surface area contributed by atoms with Crippen LogP contribution in [0.25, 0.3) is 0 Å². The van der Waals surface area contributed by atoms with E-state index in [2.05, 4.69) is 13.8 Å². The molecule has 0 N–H and O–H groups in total. The topological polar surface area (TPSA) is 82.8 Å². The average Bonchev–Trinajstić information content (AvgIpc) is 3.16. The van der Waals surface area contributed by atoms with Crippen molar-refractivity contribution >= 4 is 17.7 Å². The normalized spacial score (nSPS) is 41.3. The molecule has 3 fully saturated rings. The number of hydrogen-bond donors (Lipinski definition) is 0. The largest absolute Gasteiger partial charge is 0.472 e. The minimum Gasteiger partial charge on any atom is -0.472 e. The van der Waals surface area contributed by atoms with Crippen LogP contribution in [0.2, 0.25) is 0 Å². The summed E-state index contributed by atoms with van der Waals surface area (Å²) in [5.41, 5.74) is 0.0687. The number of rotatable bonds is 2. The number of ketones is 1. The second-order valence-corrected chi connectivity index (χ2v) is 8.86. The Labute approximate surface area is 158 Å². The first-order valence-corrected chi connectivity index (χ1v) is 9.61. The standard InChI is InChI=1S/C21H26O6/c1-20-6-4-14-19(24)27-16(12-5-7-26-11-12)10-21(14,2)17(20)9-13(22)8-15(20)18(23)25-3/h5,7,11,14-17H,4,6,8-10H2,1-3H3/t14-,15+,16-,17+,20-,21+/m0/s1. The summed E-state index contributed by atoms with van der Waals surface area (Å²) in [5, 5.41) is 0. The predicted octanol–water partition coefficient (Wildman–Crippen LogP) is 3.46. The SMILES string of the molecule is COC(=O)[C@H]1CC(=O)C[C@H]2[C@]3(C)C[C@@H](c4ccoc4)OC(=O)[C@@H]3CC[C@]21C. The zero-order valence-corrected chi connectivity index (χ0v) is 16.0. The number of ether oxygens (including phenoxy) is 2. The highest BCUT2D eigenvalue weighted by Crippen LogP contribution is 2.65. The van der Waals surface area contributed by atoms with Crippen molar-refractivity contribution in [2.75, 3.05) is 7.11 Å². The maximum absolute atomic E-state index is 12.8. The molecule has 4 rings (SSSR count). The second-order valence-electron chi connectivity index (χ2n) is 8.86. The number of carbonyl (C=O) groups is 3. The van der Waals surface area contributed by atoms with Gasteiger partial charge in [-0.05, 0) is 42.1 Å². The monoisotopic (exact) mass is 374 g/mol. The fourth-order valence-corrected chi connectivity index (χ4v) is 6.08. The van der Waals surface area contributed by atoms with E-state index >= 15 is 0 Å². The Morgan fingerprint density at radius 1 is 1.22 bits per heavy atom. The van der Waals surface area contributed by atoms with Crippen LogP contribution in [-0.2, 0) is 23.9 Å². The second kappa shape index (κ2) is 6.21. The van der Waals surface area contributed by atoms with E-state index in [1.165, 1.54) is 7.11 Å². The lowest BCUT2D eigenvalue weighted by molar-refractivity contribution is -0.204. The first kappa shape index (κ1) is 18.3. The minimum atomic E-state index is -0.447. The Balaban J connectivity index is 1.74. The molecule has 1 aromatic rings. The molecular weight excluding hydrogens is 348 g/mol. The van der Waals surface area contributed by atoms with Crippen LogP contribution in [0.15, 0.2) is 23.0 Å². The zero-order valence-electron chi connectivity index (χ0n) is 16.0. The van der Waals surface area contributed by atoms with Gasteiger partial charge in [0.15, 0.2) is 0 Å². The molecule has 0 radical (unpaired) electrons. The van der Waals surface area contributed by atoms with Crippen molar-refractivity contribution in [2.24, 2.45) is 28.6 Å². The fourth-order valence-electron chi connectivity index (χ4n) is 6.08. The molecule has 3 aliphatic rings. The molecule has 0 unspecified atom stereocenters. The summed E-state index contributed by atoms with van der Waals surface area (Å²) in [6.07, 6.45) is 5.45. The van der Waals surface area contributed by atoms with Gasteiger partial charge >= 0.3 is 11.9 Å². The van der Waals surface area contributed by atoms with Gasteiger partial charge in [0.1, 0.15) is 11.9 Å². The highest BCUT2D eigenvalue weighted by Gasteiger charge is 2.64. The van der Waals surface area contributed by atoms with Gasteiger partial charge in [0, 0.05) is 18.4 Å². The smallest absolute Gasteiger partial charge is 0.310 e. The van der Waals surface area contributed by atoms with E-state index in [0.717, 1.165) is 12.0 Å². The Hall–Kier alpha value is -2.11. The molecular formula is C21H26O6. The number of fused-ring (bicyclic) bond motifs is 3. The lowest BCUT2D eigenvalue weighted by atomic mass is 9.43. The summed E-state index contributed by atoms with van der Waals surface area (Å²) in [6.45, 7) is 4.19. The summed E-state index contributed by atoms with van der Waals surface area (Å²) in [7, 11) is 1.38. The van der Waals surface area contributed by atoms with E-state index in [4.69, 9.17) is 13.9 Å². The van der Waals surface area contributed by atoms with Gasteiger partial charge in [-0.25, -0.2) is 0 Å². The first-order chi connectivity index (χ1) is 12.8. The average molecular weight is 374 g/mol. The van der Waals surface area contributed by atoms with Gasteiger partial charge in [-0.3, -0.25) is 14.4 Å². The van der Waals surface area contributed by atoms with Crippen molar-refractivity contribution < 1.29 is 28.3 Å². The summed E-state index contributed by atoms with van der Waals surface area (Å²) in [5.74, 6) is -1.20. The van der Waals surface area contributed by atoms with Gasteiger partial charge in [0.2, 0.25) is 0 Å². The Morgan fingerprint density at radius 3 is 2.67 bits per heavy atom. The number of carbonyl (C=O) groups excluding carboxylic acids is 3. The number of Topliss-reactive ketones (excluding diaryl/α,β-unsaturated/α-hetero) is 1. The Bertz CT molecular complexity index is 768. The van der Waals surface area contributed by atoms with Crippen LogP contribution in [0.5, 0.6) is 0 Å². The van der Waals surface area contributed by atoms with Crippen molar-refractivity contribution in [2.45, 2.75) is 52.1 Å². The van der Waals surface area contributed by atoms with E-state index < -0.39 is 11.3 Å². The lowest BCUT2D eigenvalue weighted by Gasteiger charge is -2.60. The van der Waals surface area contributed by atoms with Gasteiger partial charge in [-0.1, -0.05) is 13.8 Å². The molecule has 1 saturated heterocycles. The van der Waals surface area contributed by atoms with E-state index in [1.54, 1.807) is 12.5 Å². The molecule has 0 aromatic carbocycles. The van der Waals surface area contributed by atoms with Crippen LogP contribution >= 0.6 is 0 Å². The Morgan fingerprint density at radius 2 is 2.00 bits per heavy atom. The number of furan rings is 1. The van der Waals surface area contributed by atoms with E-state index in [0.29, 0.717) is 19.3 Å². The summed E-state index contributed by atoms with van der Waals surface area (Å²) in [6, 6.07) is 1.81. The van der Waals surface area contributed by atoms with Crippen molar-refractivity contribution in [3.8, 4) is 0 Å². The van der Waals surface area contributed by atoms with Crippen LogP contribution in [0.4, 0.5) is 0 Å².